The first-order chi connectivity index (χ1) is 12.7. The molecule has 128 valence electrons. The fourth-order valence-corrected chi connectivity index (χ4v) is 2.79. The number of nitrogens with one attached hydrogen (secondary N) is 1. The van der Waals surface area contributed by atoms with Crippen LogP contribution in [0.5, 0.6) is 11.6 Å². The molecule has 0 bridgehead atoms. The van der Waals surface area contributed by atoms with E-state index >= 15 is 0 Å². The summed E-state index contributed by atoms with van der Waals surface area (Å²) in [4.78, 5) is 20.5. The first-order valence-corrected chi connectivity index (χ1v) is 8.51. The van der Waals surface area contributed by atoms with Crippen molar-refractivity contribution in [3.8, 4) is 11.6 Å². The lowest BCUT2D eigenvalue weighted by atomic mass is 10.2. The molecule has 0 atom stereocenters. The van der Waals surface area contributed by atoms with E-state index in [0.717, 1.165) is 9.86 Å². The predicted molar refractivity (Wildman–Crippen MR) is 100 cm³/mol. The van der Waals surface area contributed by atoms with Crippen LogP contribution < -0.4 is 10.1 Å². The number of ether oxygens (including phenoxy) is 1. The molecule has 1 amide bonds. The van der Waals surface area contributed by atoms with Crippen LogP contribution >= 0.6 is 15.9 Å². The first-order valence-electron chi connectivity index (χ1n) is 7.72. The molecule has 1 N–H and O–H groups in total. The average Bonchev–Trinajstić information content (AvgIpc) is 3.06. The Morgan fingerprint density at radius 2 is 2.04 bits per heavy atom. The van der Waals surface area contributed by atoms with Crippen LogP contribution in [-0.4, -0.2) is 15.9 Å². The highest BCUT2D eigenvalue weighted by Gasteiger charge is 2.13. The van der Waals surface area contributed by atoms with Gasteiger partial charge in [0, 0.05) is 34.0 Å². The Bertz CT molecular complexity index is 1080. The van der Waals surface area contributed by atoms with Crippen LogP contribution in [-0.2, 0) is 0 Å². The molecule has 0 radical (unpaired) electrons. The number of benzene rings is 2. The third-order valence-electron chi connectivity index (χ3n) is 3.56. The van der Waals surface area contributed by atoms with Gasteiger partial charge < -0.3 is 14.5 Å². The largest absolute Gasteiger partial charge is 0.451 e. The van der Waals surface area contributed by atoms with Gasteiger partial charge in [-0.3, -0.25) is 9.78 Å². The molecule has 0 saturated heterocycles. The number of carbonyl (C=O) groups excluding carboxylic acids is 1. The fourth-order valence-electron chi connectivity index (χ4n) is 2.42. The van der Waals surface area contributed by atoms with Gasteiger partial charge in [-0.05, 0) is 36.4 Å². The minimum atomic E-state index is -0.339. The quantitative estimate of drug-likeness (QED) is 0.511. The Kier molecular flexibility index (Phi) is 4.37. The van der Waals surface area contributed by atoms with Crippen LogP contribution in [0.4, 0.5) is 5.69 Å². The molecule has 2 aromatic heterocycles. The second-order valence-electron chi connectivity index (χ2n) is 5.42. The molecule has 7 heteroatoms. The molecule has 0 spiro atoms. The molecule has 4 aromatic rings. The van der Waals surface area contributed by atoms with Gasteiger partial charge in [0.1, 0.15) is 11.3 Å². The van der Waals surface area contributed by atoms with Gasteiger partial charge in [-0.25, -0.2) is 4.98 Å². The molecule has 0 aliphatic heterocycles. The van der Waals surface area contributed by atoms with Crippen molar-refractivity contribution in [2.45, 2.75) is 0 Å². The van der Waals surface area contributed by atoms with Gasteiger partial charge in [0.25, 0.3) is 5.91 Å². The van der Waals surface area contributed by atoms with Gasteiger partial charge in [-0.1, -0.05) is 22.0 Å². The van der Waals surface area contributed by atoms with Crippen molar-refractivity contribution in [2.24, 2.45) is 0 Å². The normalized spacial score (nSPS) is 10.7. The van der Waals surface area contributed by atoms with Crippen molar-refractivity contribution < 1.29 is 13.9 Å². The summed E-state index contributed by atoms with van der Waals surface area (Å²) in [6.45, 7) is 0. The van der Waals surface area contributed by atoms with Crippen molar-refractivity contribution in [2.75, 3.05) is 5.32 Å². The SMILES string of the molecule is O=C(Nc1cccc(Oc2cnccn2)c1)c1cc2cc(Br)ccc2o1. The molecular weight excluding hydrogens is 398 g/mol. The molecule has 26 heavy (non-hydrogen) atoms. The van der Waals surface area contributed by atoms with Crippen LogP contribution in [0.1, 0.15) is 10.6 Å². The number of halogens is 1. The summed E-state index contributed by atoms with van der Waals surface area (Å²) in [6.07, 6.45) is 4.62. The second-order valence-corrected chi connectivity index (χ2v) is 6.34. The molecule has 4 rings (SSSR count). The number of furan rings is 1. The van der Waals surface area contributed by atoms with E-state index in [9.17, 15) is 4.79 Å². The van der Waals surface area contributed by atoms with E-state index in [-0.39, 0.29) is 11.7 Å². The van der Waals surface area contributed by atoms with Crippen molar-refractivity contribution in [1.82, 2.24) is 9.97 Å². The third-order valence-corrected chi connectivity index (χ3v) is 4.05. The van der Waals surface area contributed by atoms with E-state index in [0.29, 0.717) is 22.9 Å². The smallest absolute Gasteiger partial charge is 0.291 e. The molecule has 2 aromatic carbocycles. The Labute approximate surface area is 157 Å². The van der Waals surface area contributed by atoms with Crippen LogP contribution in [0.2, 0.25) is 0 Å². The Morgan fingerprint density at radius 1 is 1.12 bits per heavy atom. The molecule has 6 nitrogen and oxygen atoms in total. The van der Waals surface area contributed by atoms with E-state index in [2.05, 4.69) is 31.2 Å². The molecule has 0 unspecified atom stereocenters. The van der Waals surface area contributed by atoms with Gasteiger partial charge >= 0.3 is 0 Å². The fraction of sp³-hybridized carbons (Fsp3) is 0. The van der Waals surface area contributed by atoms with Crippen molar-refractivity contribution in [1.29, 1.82) is 0 Å². The van der Waals surface area contributed by atoms with Gasteiger partial charge in [-0.2, -0.15) is 0 Å². The lowest BCUT2D eigenvalue weighted by Gasteiger charge is -2.07. The van der Waals surface area contributed by atoms with Crippen molar-refractivity contribution >= 4 is 38.5 Å². The maximum Gasteiger partial charge on any atom is 0.291 e. The zero-order valence-corrected chi connectivity index (χ0v) is 14.9. The maximum absolute atomic E-state index is 12.5. The van der Waals surface area contributed by atoms with Crippen LogP contribution in [0.3, 0.4) is 0 Å². The van der Waals surface area contributed by atoms with Gasteiger partial charge in [-0.15, -0.1) is 0 Å². The lowest BCUT2D eigenvalue weighted by Crippen LogP contribution is -2.10. The summed E-state index contributed by atoms with van der Waals surface area (Å²) in [7, 11) is 0. The van der Waals surface area contributed by atoms with E-state index in [1.54, 1.807) is 42.7 Å². The highest BCUT2D eigenvalue weighted by Crippen LogP contribution is 2.25. The number of hydrogen-bond acceptors (Lipinski definition) is 5. The molecule has 0 aliphatic rings. The number of nitrogens with zero attached hydrogens (tertiary/aromatic N) is 2. The number of aromatic nitrogens is 2. The predicted octanol–water partition coefficient (Wildman–Crippen LogP) is 5.03. The number of amides is 1. The Hall–Kier alpha value is -3.19. The number of hydrogen-bond donors (Lipinski definition) is 1. The Balaban J connectivity index is 1.52. The highest BCUT2D eigenvalue weighted by molar-refractivity contribution is 9.10. The number of carbonyl (C=O) groups is 1. The zero-order chi connectivity index (χ0) is 17.9. The summed E-state index contributed by atoms with van der Waals surface area (Å²) in [5, 5.41) is 3.65. The van der Waals surface area contributed by atoms with E-state index in [1.807, 2.05) is 18.2 Å². The summed E-state index contributed by atoms with van der Waals surface area (Å²) in [5.41, 5.74) is 1.23. The topological polar surface area (TPSA) is 77.2 Å². The standard InChI is InChI=1S/C19H12BrN3O3/c20-13-4-5-16-12(8-13)9-17(26-16)19(24)23-14-2-1-3-15(10-14)25-18-11-21-6-7-22-18/h1-11H,(H,23,24). The second kappa shape index (κ2) is 6.97. The lowest BCUT2D eigenvalue weighted by molar-refractivity contribution is 0.0998. The first kappa shape index (κ1) is 16.3. The molecule has 0 saturated carbocycles. The highest BCUT2D eigenvalue weighted by atomic mass is 79.9. The maximum atomic E-state index is 12.5. The minimum absolute atomic E-state index is 0.235. The van der Waals surface area contributed by atoms with Gasteiger partial charge in [0.2, 0.25) is 5.88 Å². The zero-order valence-electron chi connectivity index (χ0n) is 13.3. The van der Waals surface area contributed by atoms with Gasteiger partial charge in [0.05, 0.1) is 6.20 Å². The van der Waals surface area contributed by atoms with E-state index in [1.165, 1.54) is 6.20 Å². The summed E-state index contributed by atoms with van der Waals surface area (Å²) >= 11 is 3.40. The molecular formula is C19H12BrN3O3. The summed E-state index contributed by atoms with van der Waals surface area (Å²) < 4.78 is 12.1. The molecule has 0 aliphatic carbocycles. The van der Waals surface area contributed by atoms with Gasteiger partial charge in [0.15, 0.2) is 5.76 Å². The number of fused-ring (bicyclic) bond motifs is 1. The molecule has 2 heterocycles. The Morgan fingerprint density at radius 3 is 2.88 bits per heavy atom. The summed E-state index contributed by atoms with van der Waals surface area (Å²) in [5.74, 6) is 0.808. The number of rotatable bonds is 4. The number of anilines is 1. The molecule has 0 fully saturated rings. The van der Waals surface area contributed by atoms with E-state index < -0.39 is 0 Å². The van der Waals surface area contributed by atoms with Crippen LogP contribution in [0, 0.1) is 0 Å². The van der Waals surface area contributed by atoms with Crippen molar-refractivity contribution in [3.63, 3.8) is 0 Å². The average molecular weight is 410 g/mol. The monoisotopic (exact) mass is 409 g/mol. The van der Waals surface area contributed by atoms with Crippen molar-refractivity contribution in [3.05, 3.63) is 77.4 Å². The van der Waals surface area contributed by atoms with E-state index in [4.69, 9.17) is 9.15 Å². The minimum Gasteiger partial charge on any atom is -0.451 e. The third kappa shape index (κ3) is 3.57. The van der Waals surface area contributed by atoms with Crippen LogP contribution in [0.15, 0.2) is 76.0 Å². The summed E-state index contributed by atoms with van der Waals surface area (Å²) in [6, 6.07) is 14.3. The van der Waals surface area contributed by atoms with Crippen LogP contribution in [0.25, 0.3) is 11.0 Å².